The second-order valence-corrected chi connectivity index (χ2v) is 9.88. The van der Waals surface area contributed by atoms with Gasteiger partial charge in [-0.05, 0) is 61.4 Å². The van der Waals surface area contributed by atoms with Gasteiger partial charge in [-0.1, -0.05) is 44.2 Å². The number of aliphatic carboxylic acids is 1. The number of para-hydroxylation sites is 1. The van der Waals surface area contributed by atoms with Crippen LogP contribution in [0, 0.1) is 6.92 Å². The average molecular weight is 588 g/mol. The summed E-state index contributed by atoms with van der Waals surface area (Å²) in [5.74, 6) is -2.25. The third kappa shape index (κ3) is 8.41. The smallest absolute Gasteiger partial charge is 0.323 e. The van der Waals surface area contributed by atoms with Crippen molar-refractivity contribution in [2.24, 2.45) is 0 Å². The summed E-state index contributed by atoms with van der Waals surface area (Å²) >= 11 is 0. The summed E-state index contributed by atoms with van der Waals surface area (Å²) in [5, 5.41) is 17.5. The number of carbonyl (C=O) groups is 5. The highest BCUT2D eigenvalue weighted by molar-refractivity contribution is 6.10. The largest absolute Gasteiger partial charge is 0.481 e. The number of urea groups is 1. The van der Waals surface area contributed by atoms with Gasteiger partial charge < -0.3 is 30.9 Å². The molecule has 0 fully saturated rings. The number of benzene rings is 3. The van der Waals surface area contributed by atoms with Gasteiger partial charge in [0.05, 0.1) is 24.1 Å². The number of anilines is 4. The predicted molar refractivity (Wildman–Crippen MR) is 167 cm³/mol. The minimum atomic E-state index is -1.08. The Kier molecular flexibility index (Phi) is 11.0. The Hall–Kier alpha value is -5.19. The van der Waals surface area contributed by atoms with E-state index >= 15 is 0 Å². The van der Waals surface area contributed by atoms with Crippen LogP contribution in [-0.4, -0.2) is 59.4 Å². The summed E-state index contributed by atoms with van der Waals surface area (Å²) in [4.78, 5) is 64.9. The van der Waals surface area contributed by atoms with E-state index in [4.69, 9.17) is 5.11 Å². The zero-order chi connectivity index (χ0) is 31.7. The molecule has 43 heavy (non-hydrogen) atoms. The number of likely N-dealkylation sites (N-methyl/N-ethyl adjacent to an activating group) is 1. The van der Waals surface area contributed by atoms with Crippen LogP contribution in [0.15, 0.2) is 66.7 Å². The van der Waals surface area contributed by atoms with Crippen molar-refractivity contribution in [2.75, 3.05) is 34.4 Å². The first-order chi connectivity index (χ1) is 20.5. The number of nitrogens with one attached hydrogen (secondary N) is 3. The van der Waals surface area contributed by atoms with E-state index in [0.29, 0.717) is 28.3 Å². The highest BCUT2D eigenvalue weighted by atomic mass is 16.4. The summed E-state index contributed by atoms with van der Waals surface area (Å²) in [7, 11) is 1.54. The topological polar surface area (TPSA) is 148 Å². The number of carboxylic acid groups (broad SMARTS) is 1. The molecule has 1 aliphatic rings. The second kappa shape index (κ2) is 14.6. The first-order valence-corrected chi connectivity index (χ1v) is 14.0. The maximum Gasteiger partial charge on any atom is 0.323 e. The van der Waals surface area contributed by atoms with Crippen LogP contribution in [-0.2, 0) is 20.8 Å². The number of rotatable bonds is 8. The van der Waals surface area contributed by atoms with E-state index in [-0.39, 0.29) is 42.8 Å². The lowest BCUT2D eigenvalue weighted by molar-refractivity contribution is -0.138. The highest BCUT2D eigenvalue weighted by Gasteiger charge is 2.33. The van der Waals surface area contributed by atoms with Crippen molar-refractivity contribution in [3.63, 3.8) is 0 Å². The lowest BCUT2D eigenvalue weighted by Crippen LogP contribution is -2.43. The Morgan fingerprint density at radius 2 is 1.56 bits per heavy atom. The molecule has 226 valence electrons. The van der Waals surface area contributed by atoms with Gasteiger partial charge in [-0.25, -0.2) is 4.79 Å². The highest BCUT2D eigenvalue weighted by Crippen LogP contribution is 2.29. The molecular formula is C32H37N5O6. The van der Waals surface area contributed by atoms with Crippen LogP contribution in [0.3, 0.4) is 0 Å². The molecule has 11 heteroatoms. The molecular weight excluding hydrogens is 550 g/mol. The van der Waals surface area contributed by atoms with Gasteiger partial charge in [0, 0.05) is 30.2 Å². The molecule has 1 atom stereocenters. The van der Waals surface area contributed by atoms with Crippen molar-refractivity contribution in [3.05, 3.63) is 83.4 Å². The summed E-state index contributed by atoms with van der Waals surface area (Å²) in [6.07, 6.45) is -0.263. The van der Waals surface area contributed by atoms with Gasteiger partial charge in [0.25, 0.3) is 5.91 Å². The number of carboxylic acids is 1. The second-order valence-electron chi connectivity index (χ2n) is 9.88. The van der Waals surface area contributed by atoms with Crippen LogP contribution in [0.25, 0.3) is 0 Å². The summed E-state index contributed by atoms with van der Waals surface area (Å²) in [6.45, 7) is 7.22. The van der Waals surface area contributed by atoms with Crippen molar-refractivity contribution >= 4 is 52.5 Å². The van der Waals surface area contributed by atoms with Gasteiger partial charge in [-0.2, -0.15) is 0 Å². The Bertz CT molecular complexity index is 1500. The molecule has 0 saturated carbocycles. The van der Waals surface area contributed by atoms with E-state index in [1.54, 1.807) is 50.4 Å². The zero-order valence-electron chi connectivity index (χ0n) is 24.9. The number of hydrogen-bond acceptors (Lipinski definition) is 5. The van der Waals surface area contributed by atoms with Crippen molar-refractivity contribution in [3.8, 4) is 0 Å². The molecule has 0 radical (unpaired) electrons. The fourth-order valence-electron chi connectivity index (χ4n) is 4.50. The van der Waals surface area contributed by atoms with Gasteiger partial charge in [0.1, 0.15) is 6.54 Å². The van der Waals surface area contributed by atoms with Crippen LogP contribution >= 0.6 is 0 Å². The van der Waals surface area contributed by atoms with Gasteiger partial charge in [-0.15, -0.1) is 0 Å². The van der Waals surface area contributed by atoms with Crippen LogP contribution in [0.4, 0.5) is 27.5 Å². The minimum Gasteiger partial charge on any atom is -0.481 e. The molecule has 4 rings (SSSR count). The van der Waals surface area contributed by atoms with Gasteiger partial charge >= 0.3 is 12.0 Å². The molecule has 0 saturated heterocycles. The van der Waals surface area contributed by atoms with Crippen molar-refractivity contribution in [1.29, 1.82) is 0 Å². The molecule has 5 amide bonds. The molecule has 1 heterocycles. The van der Waals surface area contributed by atoms with Crippen molar-refractivity contribution < 1.29 is 29.1 Å². The fourth-order valence-corrected chi connectivity index (χ4v) is 4.50. The number of fused-ring (bicyclic) bond motifs is 1. The van der Waals surface area contributed by atoms with E-state index in [2.05, 4.69) is 16.0 Å². The molecule has 11 nitrogen and oxygen atoms in total. The Balaban J connectivity index is 0.00000248. The molecule has 3 aromatic rings. The molecule has 1 unspecified atom stereocenters. The first kappa shape index (κ1) is 32.3. The predicted octanol–water partition coefficient (Wildman–Crippen LogP) is 5.13. The minimum absolute atomic E-state index is 0.0425. The molecule has 0 bridgehead atoms. The van der Waals surface area contributed by atoms with Crippen molar-refractivity contribution in [1.82, 2.24) is 4.90 Å². The quantitative estimate of drug-likeness (QED) is 0.287. The van der Waals surface area contributed by atoms with Crippen molar-refractivity contribution in [2.45, 2.75) is 46.6 Å². The normalized spacial score (nSPS) is 13.1. The van der Waals surface area contributed by atoms with Gasteiger partial charge in [-0.3, -0.25) is 19.2 Å². The summed E-state index contributed by atoms with van der Waals surface area (Å²) in [5.41, 5.74) is 3.83. The average Bonchev–Trinajstić information content (AvgIpc) is 3.06. The molecule has 0 aliphatic carbocycles. The lowest BCUT2D eigenvalue weighted by atomic mass is 10.1. The van der Waals surface area contributed by atoms with Gasteiger partial charge in [0.2, 0.25) is 11.8 Å². The van der Waals surface area contributed by atoms with E-state index in [9.17, 15) is 24.0 Å². The van der Waals surface area contributed by atoms with Crippen LogP contribution < -0.4 is 20.9 Å². The molecule has 0 spiro atoms. The lowest BCUT2D eigenvalue weighted by Gasteiger charge is -2.26. The Labute approximate surface area is 250 Å². The number of aryl methyl sites for hydroxylation is 1. The van der Waals surface area contributed by atoms with Crippen LogP contribution in [0.5, 0.6) is 0 Å². The SMILES string of the molecule is CC.Cc1ccccc1NC(=O)Nc1ccc(CC(=O)Nc2ccc3c(c2)C(=O)N(C(C)CC(=O)O)CC(=O)N3C)cc1. The molecule has 4 N–H and O–H groups in total. The third-order valence-electron chi connectivity index (χ3n) is 6.78. The third-order valence-corrected chi connectivity index (χ3v) is 6.78. The maximum atomic E-state index is 13.3. The number of hydrogen-bond donors (Lipinski definition) is 4. The summed E-state index contributed by atoms with van der Waals surface area (Å²) < 4.78 is 0. The van der Waals surface area contributed by atoms with Crippen LogP contribution in [0.1, 0.15) is 48.7 Å². The Morgan fingerprint density at radius 1 is 0.907 bits per heavy atom. The standard InChI is InChI=1S/C30H31N5O6.C2H6/c1-18-6-4-5-7-24(18)33-30(41)32-21-10-8-20(9-11-21)15-26(36)31-22-12-13-25-23(16-22)29(40)35(17-27(37)34(25)3)19(2)14-28(38)39;1-2/h4-13,16,19H,14-15,17H2,1-3H3,(H,31,36)(H,38,39)(H2,32,33,41);1-2H3. The summed E-state index contributed by atoms with van der Waals surface area (Å²) in [6, 6.07) is 17.9. The first-order valence-electron chi connectivity index (χ1n) is 14.0. The number of nitrogens with zero attached hydrogens (tertiary/aromatic N) is 2. The fraction of sp³-hybridized carbons (Fsp3) is 0.281. The maximum absolute atomic E-state index is 13.3. The van der Waals surface area contributed by atoms with Crippen LogP contribution in [0.2, 0.25) is 0 Å². The van der Waals surface area contributed by atoms with Gasteiger partial charge in [0.15, 0.2) is 0 Å². The Morgan fingerprint density at radius 3 is 2.21 bits per heavy atom. The van der Waals surface area contributed by atoms with E-state index < -0.39 is 17.9 Å². The molecule has 0 aromatic heterocycles. The number of carbonyl (C=O) groups excluding carboxylic acids is 4. The number of amides is 5. The van der Waals surface area contributed by atoms with E-state index in [1.165, 1.54) is 15.9 Å². The molecule has 1 aliphatic heterocycles. The monoisotopic (exact) mass is 587 g/mol. The zero-order valence-corrected chi connectivity index (χ0v) is 24.9. The molecule has 3 aromatic carbocycles. The van der Waals surface area contributed by atoms with E-state index in [1.807, 2.05) is 45.0 Å². The van der Waals surface area contributed by atoms with E-state index in [0.717, 1.165) is 5.56 Å².